The first-order chi connectivity index (χ1) is 16.0. The van der Waals surface area contributed by atoms with Crippen molar-refractivity contribution in [2.45, 2.75) is 32.8 Å². The monoisotopic (exact) mass is 438 g/mol. The third-order valence-electron chi connectivity index (χ3n) is 5.91. The molecule has 33 heavy (non-hydrogen) atoms. The summed E-state index contributed by atoms with van der Waals surface area (Å²) >= 11 is 0. The maximum atomic E-state index is 9.54. The van der Waals surface area contributed by atoms with E-state index in [4.69, 9.17) is 9.47 Å². The van der Waals surface area contributed by atoms with Gasteiger partial charge < -0.3 is 19.7 Å². The first kappa shape index (κ1) is 21.3. The summed E-state index contributed by atoms with van der Waals surface area (Å²) in [5, 5.41) is 19.0. The number of aliphatic hydroxyl groups is 2. The number of rotatable bonds is 6. The summed E-state index contributed by atoms with van der Waals surface area (Å²) in [7, 11) is 0. The molecule has 0 aliphatic heterocycles. The standard InChI is InChI=1S/C29H26O4/c1-18(30)32-23-11-7-20(8-12-23)26-15-16-27-25-6-4-3-5-22(25)17-28(27)29(26)21-9-13-24(14-10-21)33-19(2)31/h3-16,18-19,30-31H,17H2,1-2H3. The average molecular weight is 439 g/mol. The van der Waals surface area contributed by atoms with Crippen LogP contribution in [0.25, 0.3) is 33.4 Å². The summed E-state index contributed by atoms with van der Waals surface area (Å²) in [5.41, 5.74) is 9.69. The van der Waals surface area contributed by atoms with Gasteiger partial charge in [0.25, 0.3) is 0 Å². The second kappa shape index (κ2) is 8.74. The SMILES string of the molecule is CC(O)Oc1ccc(-c2ccc3c(c2-c2ccc(OC(C)O)cc2)Cc2ccccc2-3)cc1. The molecule has 2 atom stereocenters. The molecule has 166 valence electrons. The molecule has 4 aromatic rings. The number of fused-ring (bicyclic) bond motifs is 3. The van der Waals surface area contributed by atoms with Crippen LogP contribution in [0.5, 0.6) is 11.5 Å². The zero-order valence-electron chi connectivity index (χ0n) is 18.7. The lowest BCUT2D eigenvalue weighted by atomic mass is 9.88. The van der Waals surface area contributed by atoms with Crippen molar-refractivity contribution >= 4 is 0 Å². The molecular weight excluding hydrogens is 412 g/mol. The van der Waals surface area contributed by atoms with Gasteiger partial charge in [0, 0.05) is 0 Å². The smallest absolute Gasteiger partial charge is 0.194 e. The molecule has 4 heteroatoms. The van der Waals surface area contributed by atoms with Crippen LogP contribution in [-0.4, -0.2) is 22.8 Å². The maximum absolute atomic E-state index is 9.54. The molecule has 0 saturated heterocycles. The van der Waals surface area contributed by atoms with Crippen LogP contribution in [0, 0.1) is 0 Å². The molecule has 0 bridgehead atoms. The first-order valence-electron chi connectivity index (χ1n) is 11.1. The van der Waals surface area contributed by atoms with E-state index in [0.717, 1.165) is 23.1 Å². The van der Waals surface area contributed by atoms with Crippen molar-refractivity contribution in [3.63, 3.8) is 0 Å². The zero-order valence-corrected chi connectivity index (χ0v) is 18.7. The fourth-order valence-corrected chi connectivity index (χ4v) is 4.59. The van der Waals surface area contributed by atoms with Crippen LogP contribution in [0.2, 0.25) is 0 Å². The minimum Gasteiger partial charge on any atom is -0.465 e. The van der Waals surface area contributed by atoms with Gasteiger partial charge in [-0.1, -0.05) is 60.7 Å². The van der Waals surface area contributed by atoms with Gasteiger partial charge in [-0.2, -0.15) is 0 Å². The van der Waals surface area contributed by atoms with Gasteiger partial charge in [0.05, 0.1) is 0 Å². The number of aliphatic hydroxyl groups excluding tert-OH is 2. The van der Waals surface area contributed by atoms with Crippen LogP contribution in [0.4, 0.5) is 0 Å². The molecule has 0 spiro atoms. The van der Waals surface area contributed by atoms with E-state index in [1.165, 1.54) is 27.8 Å². The van der Waals surface area contributed by atoms with Crippen LogP contribution < -0.4 is 9.47 Å². The zero-order chi connectivity index (χ0) is 22.9. The normalized spacial score (nSPS) is 13.7. The van der Waals surface area contributed by atoms with Crippen molar-refractivity contribution in [3.05, 3.63) is 96.1 Å². The van der Waals surface area contributed by atoms with E-state index < -0.39 is 12.6 Å². The number of hydrogen-bond acceptors (Lipinski definition) is 4. The van der Waals surface area contributed by atoms with Gasteiger partial charge in [-0.15, -0.1) is 0 Å². The molecule has 0 saturated carbocycles. The Labute approximate surface area is 193 Å². The van der Waals surface area contributed by atoms with E-state index in [1.807, 2.05) is 48.5 Å². The predicted octanol–water partition coefficient (Wildman–Crippen LogP) is 6.03. The first-order valence-corrected chi connectivity index (χ1v) is 11.1. The molecule has 0 amide bonds. The molecule has 0 radical (unpaired) electrons. The average Bonchev–Trinajstić information content (AvgIpc) is 3.18. The van der Waals surface area contributed by atoms with E-state index in [1.54, 1.807) is 13.8 Å². The van der Waals surface area contributed by atoms with Crippen LogP contribution in [0.1, 0.15) is 25.0 Å². The predicted molar refractivity (Wildman–Crippen MR) is 130 cm³/mol. The summed E-state index contributed by atoms with van der Waals surface area (Å²) in [4.78, 5) is 0. The maximum Gasteiger partial charge on any atom is 0.194 e. The highest BCUT2D eigenvalue weighted by Gasteiger charge is 2.24. The third kappa shape index (κ3) is 4.23. The largest absolute Gasteiger partial charge is 0.465 e. The summed E-state index contributed by atoms with van der Waals surface area (Å²) in [6, 6.07) is 28.7. The van der Waals surface area contributed by atoms with Gasteiger partial charge in [0.15, 0.2) is 12.6 Å². The molecular formula is C29H26O4. The molecule has 2 N–H and O–H groups in total. The van der Waals surface area contributed by atoms with Crippen molar-refractivity contribution in [3.8, 4) is 44.9 Å². The number of benzene rings is 4. The molecule has 0 heterocycles. The van der Waals surface area contributed by atoms with E-state index in [-0.39, 0.29) is 0 Å². The van der Waals surface area contributed by atoms with Crippen molar-refractivity contribution in [2.24, 2.45) is 0 Å². The molecule has 0 fully saturated rings. The summed E-state index contributed by atoms with van der Waals surface area (Å²) in [6.07, 6.45) is -0.833. The van der Waals surface area contributed by atoms with Gasteiger partial charge in [-0.05, 0) is 89.0 Å². The molecule has 1 aliphatic rings. The van der Waals surface area contributed by atoms with Gasteiger partial charge >= 0.3 is 0 Å². The highest BCUT2D eigenvalue weighted by molar-refractivity contribution is 5.93. The van der Waals surface area contributed by atoms with Gasteiger partial charge in [0.1, 0.15) is 11.5 Å². The quantitative estimate of drug-likeness (QED) is 0.318. The fraction of sp³-hybridized carbons (Fsp3) is 0.172. The molecule has 4 nitrogen and oxygen atoms in total. The Morgan fingerprint density at radius 1 is 0.606 bits per heavy atom. The summed E-state index contributed by atoms with van der Waals surface area (Å²) in [6.45, 7) is 3.19. The van der Waals surface area contributed by atoms with Crippen LogP contribution in [0.15, 0.2) is 84.9 Å². The minimum atomic E-state index is -0.857. The molecule has 2 unspecified atom stereocenters. The molecule has 4 aromatic carbocycles. The van der Waals surface area contributed by atoms with Gasteiger partial charge in [-0.3, -0.25) is 0 Å². The Morgan fingerprint density at radius 3 is 1.76 bits per heavy atom. The Hall–Kier alpha value is -3.60. The Bertz CT molecular complexity index is 1270. The van der Waals surface area contributed by atoms with Crippen molar-refractivity contribution in [2.75, 3.05) is 0 Å². The minimum absolute atomic E-state index is 0.628. The number of hydrogen-bond donors (Lipinski definition) is 2. The lowest BCUT2D eigenvalue weighted by Crippen LogP contribution is -2.09. The fourth-order valence-electron chi connectivity index (χ4n) is 4.59. The molecule has 0 aromatic heterocycles. The van der Waals surface area contributed by atoms with E-state index in [9.17, 15) is 10.2 Å². The summed E-state index contributed by atoms with van der Waals surface area (Å²) in [5.74, 6) is 1.26. The Balaban J connectivity index is 1.63. The molecule has 5 rings (SSSR count). The van der Waals surface area contributed by atoms with E-state index in [2.05, 4.69) is 36.4 Å². The van der Waals surface area contributed by atoms with Crippen molar-refractivity contribution in [1.29, 1.82) is 0 Å². The van der Waals surface area contributed by atoms with Crippen LogP contribution >= 0.6 is 0 Å². The van der Waals surface area contributed by atoms with E-state index in [0.29, 0.717) is 11.5 Å². The Kier molecular flexibility index (Phi) is 5.63. The van der Waals surface area contributed by atoms with Gasteiger partial charge in [-0.25, -0.2) is 0 Å². The highest BCUT2D eigenvalue weighted by atomic mass is 16.6. The third-order valence-corrected chi connectivity index (χ3v) is 5.91. The lowest BCUT2D eigenvalue weighted by molar-refractivity contribution is -0.000871. The van der Waals surface area contributed by atoms with E-state index >= 15 is 0 Å². The lowest BCUT2D eigenvalue weighted by Gasteiger charge is -2.17. The van der Waals surface area contributed by atoms with Crippen LogP contribution in [0.3, 0.4) is 0 Å². The molecule has 1 aliphatic carbocycles. The van der Waals surface area contributed by atoms with Crippen molar-refractivity contribution < 1.29 is 19.7 Å². The van der Waals surface area contributed by atoms with Crippen LogP contribution in [-0.2, 0) is 6.42 Å². The highest BCUT2D eigenvalue weighted by Crippen LogP contribution is 2.46. The van der Waals surface area contributed by atoms with Gasteiger partial charge in [0.2, 0.25) is 0 Å². The Morgan fingerprint density at radius 2 is 1.15 bits per heavy atom. The van der Waals surface area contributed by atoms with Crippen molar-refractivity contribution in [1.82, 2.24) is 0 Å². The second-order valence-electron chi connectivity index (χ2n) is 8.33. The second-order valence-corrected chi connectivity index (χ2v) is 8.33. The summed E-state index contributed by atoms with van der Waals surface area (Å²) < 4.78 is 10.8. The number of ether oxygens (including phenoxy) is 2. The topological polar surface area (TPSA) is 58.9 Å².